The quantitative estimate of drug-likeness (QED) is 0.785. The zero-order chi connectivity index (χ0) is 18.9. The van der Waals surface area contributed by atoms with Crippen molar-refractivity contribution in [1.29, 1.82) is 0 Å². The summed E-state index contributed by atoms with van der Waals surface area (Å²) in [7, 11) is 1.62. The summed E-state index contributed by atoms with van der Waals surface area (Å²) in [5.74, 6) is 0.615. The molecular formula is C21H26N2O3. The lowest BCUT2D eigenvalue weighted by Gasteiger charge is -2.20. The monoisotopic (exact) mass is 354 g/mol. The van der Waals surface area contributed by atoms with Crippen LogP contribution in [0.4, 0.5) is 5.69 Å². The number of nitrogens with one attached hydrogen (secondary N) is 1. The van der Waals surface area contributed by atoms with Gasteiger partial charge in [0.15, 0.2) is 0 Å². The Balaban J connectivity index is 2.01. The number of benzene rings is 2. The number of hydrogen-bond donors (Lipinski definition) is 1. The first-order valence-electron chi connectivity index (χ1n) is 8.90. The number of para-hydroxylation sites is 1. The van der Waals surface area contributed by atoms with Crippen molar-refractivity contribution < 1.29 is 14.3 Å². The molecule has 0 unspecified atom stereocenters. The van der Waals surface area contributed by atoms with Crippen molar-refractivity contribution in [3.8, 4) is 5.75 Å². The van der Waals surface area contributed by atoms with Crippen LogP contribution in [0.2, 0.25) is 0 Å². The van der Waals surface area contributed by atoms with Crippen LogP contribution in [-0.4, -0.2) is 36.9 Å². The van der Waals surface area contributed by atoms with Gasteiger partial charge in [-0.25, -0.2) is 0 Å². The Bertz CT molecular complexity index is 737. The summed E-state index contributed by atoms with van der Waals surface area (Å²) in [6, 6.07) is 14.8. The van der Waals surface area contributed by atoms with Gasteiger partial charge in [-0.15, -0.1) is 0 Å². The zero-order valence-electron chi connectivity index (χ0n) is 15.6. The molecule has 0 aliphatic rings. The van der Waals surface area contributed by atoms with E-state index in [0.29, 0.717) is 37.2 Å². The average molecular weight is 354 g/mol. The fourth-order valence-electron chi connectivity index (χ4n) is 2.72. The van der Waals surface area contributed by atoms with Crippen molar-refractivity contribution in [3.63, 3.8) is 0 Å². The molecule has 2 aromatic rings. The molecule has 0 radical (unpaired) electrons. The SMILES string of the molecule is CCN(CC)C(=O)c1ccccc1NC(=O)CCc1ccc(OC)cc1. The standard InChI is InChI=1S/C21H26N2O3/c1-4-23(5-2)21(25)18-8-6-7-9-19(18)22-20(24)15-12-16-10-13-17(26-3)14-11-16/h6-11,13-14H,4-5,12,15H2,1-3H3,(H,22,24). The van der Waals surface area contributed by atoms with Crippen molar-refractivity contribution >= 4 is 17.5 Å². The fourth-order valence-corrected chi connectivity index (χ4v) is 2.72. The van der Waals surface area contributed by atoms with Gasteiger partial charge in [0, 0.05) is 19.5 Å². The van der Waals surface area contributed by atoms with Gasteiger partial charge < -0.3 is 15.0 Å². The van der Waals surface area contributed by atoms with E-state index in [1.165, 1.54) is 0 Å². The van der Waals surface area contributed by atoms with Crippen LogP contribution in [0.15, 0.2) is 48.5 Å². The molecule has 26 heavy (non-hydrogen) atoms. The van der Waals surface area contributed by atoms with Gasteiger partial charge in [-0.2, -0.15) is 0 Å². The van der Waals surface area contributed by atoms with Gasteiger partial charge in [0.25, 0.3) is 5.91 Å². The summed E-state index contributed by atoms with van der Waals surface area (Å²) >= 11 is 0. The molecule has 138 valence electrons. The normalized spacial score (nSPS) is 10.3. The van der Waals surface area contributed by atoms with E-state index < -0.39 is 0 Å². The third kappa shape index (κ3) is 5.09. The van der Waals surface area contributed by atoms with E-state index in [9.17, 15) is 9.59 Å². The highest BCUT2D eigenvalue weighted by Gasteiger charge is 2.17. The highest BCUT2D eigenvalue weighted by atomic mass is 16.5. The molecule has 2 rings (SSSR count). The van der Waals surface area contributed by atoms with Crippen LogP contribution >= 0.6 is 0 Å². The fraction of sp³-hybridized carbons (Fsp3) is 0.333. The molecule has 0 saturated heterocycles. The predicted octanol–water partition coefficient (Wildman–Crippen LogP) is 3.75. The minimum absolute atomic E-state index is 0.0685. The van der Waals surface area contributed by atoms with Crippen LogP contribution < -0.4 is 10.1 Å². The lowest BCUT2D eigenvalue weighted by molar-refractivity contribution is -0.116. The Morgan fingerprint density at radius 3 is 2.27 bits per heavy atom. The number of aryl methyl sites for hydroxylation is 1. The van der Waals surface area contributed by atoms with E-state index >= 15 is 0 Å². The maximum atomic E-state index is 12.6. The second-order valence-electron chi connectivity index (χ2n) is 5.92. The van der Waals surface area contributed by atoms with Crippen molar-refractivity contribution in [1.82, 2.24) is 4.90 Å². The number of carbonyl (C=O) groups is 2. The zero-order valence-corrected chi connectivity index (χ0v) is 15.6. The largest absolute Gasteiger partial charge is 0.497 e. The van der Waals surface area contributed by atoms with Crippen LogP contribution in [0.3, 0.4) is 0 Å². The molecule has 0 bridgehead atoms. The number of hydrogen-bond acceptors (Lipinski definition) is 3. The number of amides is 2. The van der Waals surface area contributed by atoms with E-state index in [1.807, 2.05) is 50.2 Å². The number of nitrogens with zero attached hydrogens (tertiary/aromatic N) is 1. The Labute approximate surface area is 155 Å². The first kappa shape index (κ1) is 19.5. The third-order valence-corrected chi connectivity index (χ3v) is 4.28. The van der Waals surface area contributed by atoms with Crippen LogP contribution in [0, 0.1) is 0 Å². The molecule has 5 nitrogen and oxygen atoms in total. The van der Waals surface area contributed by atoms with E-state index in [0.717, 1.165) is 11.3 Å². The van der Waals surface area contributed by atoms with Crippen LogP contribution in [0.25, 0.3) is 0 Å². The van der Waals surface area contributed by atoms with Crippen molar-refractivity contribution in [2.45, 2.75) is 26.7 Å². The Kier molecular flexibility index (Phi) is 7.21. The van der Waals surface area contributed by atoms with Crippen LogP contribution in [-0.2, 0) is 11.2 Å². The predicted molar refractivity (Wildman–Crippen MR) is 104 cm³/mol. The summed E-state index contributed by atoms with van der Waals surface area (Å²) in [5, 5.41) is 2.88. The third-order valence-electron chi connectivity index (χ3n) is 4.28. The molecule has 0 aliphatic heterocycles. The minimum atomic E-state index is -0.111. The van der Waals surface area contributed by atoms with Gasteiger partial charge in [-0.1, -0.05) is 24.3 Å². The number of ether oxygens (including phenoxy) is 1. The second-order valence-corrected chi connectivity index (χ2v) is 5.92. The molecule has 1 N–H and O–H groups in total. The smallest absolute Gasteiger partial charge is 0.255 e. The molecule has 0 atom stereocenters. The first-order valence-corrected chi connectivity index (χ1v) is 8.90. The molecule has 0 saturated carbocycles. The van der Waals surface area contributed by atoms with Gasteiger partial charge in [0.1, 0.15) is 5.75 Å². The van der Waals surface area contributed by atoms with Crippen molar-refractivity contribution in [2.24, 2.45) is 0 Å². The van der Waals surface area contributed by atoms with Gasteiger partial charge in [-0.05, 0) is 50.1 Å². The molecule has 5 heteroatoms. The molecule has 0 heterocycles. The lowest BCUT2D eigenvalue weighted by atomic mass is 10.1. The highest BCUT2D eigenvalue weighted by Crippen LogP contribution is 2.18. The summed E-state index contributed by atoms with van der Waals surface area (Å²) in [4.78, 5) is 26.7. The van der Waals surface area contributed by atoms with Gasteiger partial charge in [-0.3, -0.25) is 9.59 Å². The second kappa shape index (κ2) is 9.61. The summed E-state index contributed by atoms with van der Waals surface area (Å²) in [5.41, 5.74) is 2.14. The first-order chi connectivity index (χ1) is 12.6. The Morgan fingerprint density at radius 2 is 1.65 bits per heavy atom. The summed E-state index contributed by atoms with van der Waals surface area (Å²) in [6.07, 6.45) is 0.974. The molecule has 0 aliphatic carbocycles. The van der Waals surface area contributed by atoms with Gasteiger partial charge >= 0.3 is 0 Å². The molecule has 0 aromatic heterocycles. The van der Waals surface area contributed by atoms with Gasteiger partial charge in [0.05, 0.1) is 18.4 Å². The van der Waals surface area contributed by atoms with E-state index in [4.69, 9.17) is 4.74 Å². The average Bonchev–Trinajstić information content (AvgIpc) is 2.68. The van der Waals surface area contributed by atoms with E-state index in [1.54, 1.807) is 24.1 Å². The number of carbonyl (C=O) groups excluding carboxylic acids is 2. The van der Waals surface area contributed by atoms with E-state index in [-0.39, 0.29) is 11.8 Å². The minimum Gasteiger partial charge on any atom is -0.497 e. The van der Waals surface area contributed by atoms with Crippen molar-refractivity contribution in [3.05, 3.63) is 59.7 Å². The Morgan fingerprint density at radius 1 is 1.00 bits per heavy atom. The van der Waals surface area contributed by atoms with E-state index in [2.05, 4.69) is 5.32 Å². The number of methoxy groups -OCH3 is 1. The molecule has 0 spiro atoms. The number of rotatable bonds is 8. The molecule has 0 fully saturated rings. The van der Waals surface area contributed by atoms with Gasteiger partial charge in [0.2, 0.25) is 5.91 Å². The maximum absolute atomic E-state index is 12.6. The summed E-state index contributed by atoms with van der Waals surface area (Å²) in [6.45, 7) is 5.15. The van der Waals surface area contributed by atoms with Crippen molar-refractivity contribution in [2.75, 3.05) is 25.5 Å². The number of anilines is 1. The Hall–Kier alpha value is -2.82. The highest BCUT2D eigenvalue weighted by molar-refractivity contribution is 6.03. The van der Waals surface area contributed by atoms with Crippen LogP contribution in [0.5, 0.6) is 5.75 Å². The lowest BCUT2D eigenvalue weighted by Crippen LogP contribution is -2.31. The summed E-state index contributed by atoms with van der Waals surface area (Å²) < 4.78 is 5.13. The molecule has 2 amide bonds. The maximum Gasteiger partial charge on any atom is 0.255 e. The topological polar surface area (TPSA) is 58.6 Å². The van der Waals surface area contributed by atoms with Crippen LogP contribution in [0.1, 0.15) is 36.2 Å². The molecule has 2 aromatic carbocycles. The molecular weight excluding hydrogens is 328 g/mol.